The van der Waals surface area contributed by atoms with E-state index in [1.165, 1.54) is 9.21 Å². The van der Waals surface area contributed by atoms with E-state index in [0.717, 1.165) is 11.8 Å². The second-order valence-electron chi connectivity index (χ2n) is 8.16. The minimum absolute atomic E-state index is 0.0464. The molecule has 2 aromatic rings. The van der Waals surface area contributed by atoms with Gasteiger partial charge in [-0.05, 0) is 44.0 Å². The summed E-state index contributed by atoms with van der Waals surface area (Å²) in [7, 11) is -3.61. The van der Waals surface area contributed by atoms with Crippen LogP contribution in [-0.2, 0) is 26.2 Å². The fourth-order valence-electron chi connectivity index (χ4n) is 3.76. The molecule has 35 heavy (non-hydrogen) atoms. The average Bonchev–Trinajstić information content (AvgIpc) is 3.28. The summed E-state index contributed by atoms with van der Waals surface area (Å²) in [5, 5.41) is 3.24. The molecule has 11 heteroatoms. The maximum absolute atomic E-state index is 13.2. The van der Waals surface area contributed by atoms with Gasteiger partial charge in [0, 0.05) is 37.1 Å². The first-order valence-electron chi connectivity index (χ1n) is 11.3. The van der Waals surface area contributed by atoms with Gasteiger partial charge in [-0.2, -0.15) is 0 Å². The van der Waals surface area contributed by atoms with Gasteiger partial charge in [-0.25, -0.2) is 8.42 Å². The molecule has 0 aliphatic carbocycles. The summed E-state index contributed by atoms with van der Waals surface area (Å²) >= 11 is 6.29. The highest BCUT2D eigenvalue weighted by atomic mass is 35.5. The van der Waals surface area contributed by atoms with E-state index in [1.54, 1.807) is 50.2 Å². The molecule has 0 saturated heterocycles. The fourth-order valence-corrected chi connectivity index (χ4v) is 4.91. The van der Waals surface area contributed by atoms with Gasteiger partial charge in [0.1, 0.15) is 6.04 Å². The second kappa shape index (κ2) is 11.6. The molecule has 1 N–H and O–H groups in total. The lowest BCUT2D eigenvalue weighted by molar-refractivity contribution is -0.140. The molecular weight excluding hydrogens is 494 g/mol. The summed E-state index contributed by atoms with van der Waals surface area (Å²) in [4.78, 5) is 27.2. The monoisotopic (exact) mass is 523 g/mol. The van der Waals surface area contributed by atoms with Crippen molar-refractivity contribution < 1.29 is 27.5 Å². The maximum atomic E-state index is 13.2. The number of hydrogen-bond acceptors (Lipinski definition) is 6. The Morgan fingerprint density at radius 1 is 1.14 bits per heavy atom. The summed E-state index contributed by atoms with van der Waals surface area (Å²) in [6.07, 6.45) is 1.41. The highest BCUT2D eigenvalue weighted by Gasteiger charge is 2.27. The molecule has 1 atom stereocenters. The van der Waals surface area contributed by atoms with E-state index in [1.807, 2.05) is 6.07 Å². The van der Waals surface area contributed by atoms with Crippen LogP contribution in [0, 0.1) is 0 Å². The number of nitrogens with one attached hydrogen (secondary N) is 1. The summed E-state index contributed by atoms with van der Waals surface area (Å²) < 4.78 is 36.8. The lowest BCUT2D eigenvalue weighted by Gasteiger charge is -2.29. The van der Waals surface area contributed by atoms with Crippen LogP contribution in [0.5, 0.6) is 11.5 Å². The number of amides is 2. The molecule has 0 aromatic heterocycles. The van der Waals surface area contributed by atoms with Crippen LogP contribution in [0.3, 0.4) is 0 Å². The number of rotatable bonds is 11. The van der Waals surface area contributed by atoms with E-state index in [9.17, 15) is 18.0 Å². The van der Waals surface area contributed by atoms with Gasteiger partial charge in [-0.1, -0.05) is 29.8 Å². The Balaban J connectivity index is 1.73. The third-order valence-corrected chi connectivity index (χ3v) is 7.18. The van der Waals surface area contributed by atoms with Gasteiger partial charge >= 0.3 is 0 Å². The Bertz CT molecular complexity index is 1170. The summed E-state index contributed by atoms with van der Waals surface area (Å²) in [5.74, 6) is 0.467. The molecule has 2 amide bonds. The van der Waals surface area contributed by atoms with Crippen LogP contribution in [0.25, 0.3) is 0 Å². The van der Waals surface area contributed by atoms with Crippen molar-refractivity contribution in [2.75, 3.05) is 30.4 Å². The summed E-state index contributed by atoms with van der Waals surface area (Å²) in [6, 6.07) is 11.3. The normalized spacial score (nSPS) is 13.3. The van der Waals surface area contributed by atoms with Crippen LogP contribution in [0.15, 0.2) is 42.5 Å². The molecule has 0 bridgehead atoms. The second-order valence-corrected chi connectivity index (χ2v) is 10.5. The first-order chi connectivity index (χ1) is 16.6. The van der Waals surface area contributed by atoms with E-state index < -0.39 is 16.1 Å². The summed E-state index contributed by atoms with van der Waals surface area (Å²) in [6.45, 7) is 4.23. The Kier molecular flexibility index (Phi) is 8.85. The lowest BCUT2D eigenvalue weighted by atomic mass is 10.1. The predicted molar refractivity (Wildman–Crippen MR) is 134 cm³/mol. The molecule has 9 nitrogen and oxygen atoms in total. The standard InChI is InChI=1S/C24H30ClN3O6S/c1-4-26-24(30)17(2)27(15-18-8-5-6-9-20(18)25)23(29)10-7-13-28(35(3,31)32)19-11-12-21-22(14-19)34-16-33-21/h5-6,8-9,11-12,14,17H,4,7,10,13,15-16H2,1-3H3,(H,26,30). The minimum Gasteiger partial charge on any atom is -0.454 e. The highest BCUT2D eigenvalue weighted by Crippen LogP contribution is 2.36. The molecule has 1 aliphatic rings. The predicted octanol–water partition coefficient (Wildman–Crippen LogP) is 3.17. The molecular formula is C24H30ClN3O6S. The van der Waals surface area contributed by atoms with Crippen LogP contribution < -0.4 is 19.1 Å². The number of benzene rings is 2. The first-order valence-corrected chi connectivity index (χ1v) is 13.5. The first kappa shape index (κ1) is 26.6. The molecule has 3 rings (SSSR count). The van der Waals surface area contributed by atoms with E-state index >= 15 is 0 Å². The molecule has 1 heterocycles. The number of carbonyl (C=O) groups excluding carboxylic acids is 2. The van der Waals surface area contributed by atoms with Crippen LogP contribution in [0.4, 0.5) is 5.69 Å². The van der Waals surface area contributed by atoms with Crippen molar-refractivity contribution >= 4 is 39.1 Å². The number of hydrogen-bond donors (Lipinski definition) is 1. The summed E-state index contributed by atoms with van der Waals surface area (Å²) in [5.41, 5.74) is 1.14. The van der Waals surface area contributed by atoms with Gasteiger partial charge in [0.05, 0.1) is 11.9 Å². The quantitative estimate of drug-likeness (QED) is 0.485. The minimum atomic E-state index is -3.61. The van der Waals surface area contributed by atoms with Gasteiger partial charge in [0.25, 0.3) is 0 Å². The molecule has 0 fully saturated rings. The van der Waals surface area contributed by atoms with Gasteiger partial charge in [0.2, 0.25) is 28.6 Å². The Labute approximate surface area is 211 Å². The van der Waals surface area contributed by atoms with E-state index in [-0.39, 0.29) is 44.5 Å². The average molecular weight is 524 g/mol. The van der Waals surface area contributed by atoms with Crippen molar-refractivity contribution in [2.45, 2.75) is 39.3 Å². The van der Waals surface area contributed by atoms with Gasteiger partial charge in [-0.15, -0.1) is 0 Å². The molecule has 1 unspecified atom stereocenters. The van der Waals surface area contributed by atoms with E-state index in [4.69, 9.17) is 21.1 Å². The zero-order chi connectivity index (χ0) is 25.6. The molecule has 2 aromatic carbocycles. The van der Waals surface area contributed by atoms with Crippen molar-refractivity contribution in [3.8, 4) is 11.5 Å². The zero-order valence-electron chi connectivity index (χ0n) is 20.0. The van der Waals surface area contributed by atoms with Crippen molar-refractivity contribution in [3.63, 3.8) is 0 Å². The smallest absolute Gasteiger partial charge is 0.242 e. The Morgan fingerprint density at radius 3 is 2.54 bits per heavy atom. The number of halogens is 1. The number of ether oxygens (including phenoxy) is 2. The number of likely N-dealkylation sites (N-methyl/N-ethyl adjacent to an activating group) is 1. The van der Waals surface area contributed by atoms with Crippen LogP contribution >= 0.6 is 11.6 Å². The Morgan fingerprint density at radius 2 is 1.86 bits per heavy atom. The van der Waals surface area contributed by atoms with Crippen LogP contribution in [0.2, 0.25) is 5.02 Å². The van der Waals surface area contributed by atoms with Crippen molar-refractivity contribution in [1.82, 2.24) is 10.2 Å². The highest BCUT2D eigenvalue weighted by molar-refractivity contribution is 7.92. The number of carbonyl (C=O) groups is 2. The third-order valence-electron chi connectivity index (χ3n) is 5.61. The molecule has 0 spiro atoms. The largest absolute Gasteiger partial charge is 0.454 e. The molecule has 0 saturated carbocycles. The van der Waals surface area contributed by atoms with Crippen molar-refractivity contribution in [1.29, 1.82) is 0 Å². The SMILES string of the molecule is CCNC(=O)C(C)N(Cc1ccccc1Cl)C(=O)CCCN(c1ccc2c(c1)OCO2)S(C)(=O)=O. The van der Waals surface area contributed by atoms with Crippen molar-refractivity contribution in [2.24, 2.45) is 0 Å². The number of anilines is 1. The third kappa shape index (κ3) is 6.79. The van der Waals surface area contributed by atoms with Gasteiger partial charge < -0.3 is 19.7 Å². The number of nitrogens with zero attached hydrogens (tertiary/aromatic N) is 2. The molecule has 1 aliphatic heterocycles. The fraction of sp³-hybridized carbons (Fsp3) is 0.417. The topological polar surface area (TPSA) is 105 Å². The van der Waals surface area contributed by atoms with E-state index in [0.29, 0.717) is 28.8 Å². The van der Waals surface area contributed by atoms with Crippen LogP contribution in [-0.4, -0.2) is 57.3 Å². The van der Waals surface area contributed by atoms with Gasteiger partial charge in [0.15, 0.2) is 11.5 Å². The maximum Gasteiger partial charge on any atom is 0.242 e. The molecule has 190 valence electrons. The number of fused-ring (bicyclic) bond motifs is 1. The lowest BCUT2D eigenvalue weighted by Crippen LogP contribution is -2.47. The Hall–Kier alpha value is -2.98. The van der Waals surface area contributed by atoms with E-state index in [2.05, 4.69) is 5.32 Å². The molecule has 0 radical (unpaired) electrons. The zero-order valence-corrected chi connectivity index (χ0v) is 21.6. The van der Waals surface area contributed by atoms with Crippen molar-refractivity contribution in [3.05, 3.63) is 53.1 Å². The van der Waals surface area contributed by atoms with Gasteiger partial charge in [-0.3, -0.25) is 13.9 Å². The number of sulfonamides is 1. The van der Waals surface area contributed by atoms with Crippen LogP contribution in [0.1, 0.15) is 32.3 Å².